The van der Waals surface area contributed by atoms with Crippen molar-refractivity contribution >= 4 is 22.5 Å². The fraction of sp³-hybridized carbons (Fsp3) is 0.308. The number of rotatable bonds is 0. The van der Waals surface area contributed by atoms with Gasteiger partial charge in [-0.2, -0.15) is 0 Å². The highest BCUT2D eigenvalue weighted by Crippen LogP contribution is 2.32. The van der Waals surface area contributed by atoms with Gasteiger partial charge >= 0.3 is 0 Å². The maximum absolute atomic E-state index is 9.89. The molecule has 1 N–H and O–H groups in total. The van der Waals surface area contributed by atoms with Gasteiger partial charge in [0.25, 0.3) is 0 Å². The molecule has 0 spiro atoms. The van der Waals surface area contributed by atoms with Crippen LogP contribution in [0.15, 0.2) is 24.3 Å². The molecule has 16 heavy (non-hydrogen) atoms. The van der Waals surface area contributed by atoms with Crippen LogP contribution in [0.1, 0.15) is 30.2 Å². The summed E-state index contributed by atoms with van der Waals surface area (Å²) in [5.74, 6) is 0. The van der Waals surface area contributed by atoms with Gasteiger partial charge in [-0.1, -0.05) is 17.7 Å². The van der Waals surface area contributed by atoms with E-state index in [4.69, 9.17) is 11.6 Å². The number of aryl methyl sites for hydroxylation is 1. The maximum atomic E-state index is 9.89. The highest BCUT2D eigenvalue weighted by atomic mass is 35.5. The maximum Gasteiger partial charge on any atom is 0.0962 e. The van der Waals surface area contributed by atoms with Gasteiger partial charge in [0.1, 0.15) is 0 Å². The van der Waals surface area contributed by atoms with E-state index < -0.39 is 6.10 Å². The molecule has 82 valence electrons. The summed E-state index contributed by atoms with van der Waals surface area (Å²) >= 11 is 6.13. The SMILES string of the molecule is OC1CCCc2cc3c(Cl)cccc3nc21. The average molecular weight is 234 g/mol. The largest absolute Gasteiger partial charge is 0.387 e. The number of hydrogen-bond acceptors (Lipinski definition) is 2. The van der Waals surface area contributed by atoms with E-state index in [0.29, 0.717) is 0 Å². The minimum atomic E-state index is -0.410. The molecule has 1 unspecified atom stereocenters. The van der Waals surface area contributed by atoms with Crippen molar-refractivity contribution < 1.29 is 5.11 Å². The molecule has 1 aliphatic rings. The van der Waals surface area contributed by atoms with Gasteiger partial charge in [-0.15, -0.1) is 0 Å². The van der Waals surface area contributed by atoms with Crippen LogP contribution in [0, 0.1) is 0 Å². The van der Waals surface area contributed by atoms with E-state index in [9.17, 15) is 5.11 Å². The summed E-state index contributed by atoms with van der Waals surface area (Å²) in [5, 5.41) is 11.6. The molecular formula is C13H12ClNO. The van der Waals surface area contributed by atoms with E-state index >= 15 is 0 Å². The van der Waals surface area contributed by atoms with Crippen LogP contribution in [0.25, 0.3) is 10.9 Å². The van der Waals surface area contributed by atoms with Crippen LogP contribution in [0.3, 0.4) is 0 Å². The molecule has 0 saturated carbocycles. The van der Waals surface area contributed by atoms with E-state index in [1.165, 1.54) is 0 Å². The highest BCUT2D eigenvalue weighted by Gasteiger charge is 2.20. The number of aliphatic hydroxyl groups is 1. The third-order valence-corrected chi connectivity index (χ3v) is 3.49. The van der Waals surface area contributed by atoms with E-state index in [2.05, 4.69) is 11.1 Å². The highest BCUT2D eigenvalue weighted by molar-refractivity contribution is 6.35. The van der Waals surface area contributed by atoms with Gasteiger partial charge in [0, 0.05) is 10.4 Å². The Labute approximate surface area is 98.9 Å². The van der Waals surface area contributed by atoms with Gasteiger partial charge in [0.15, 0.2) is 0 Å². The number of halogens is 1. The number of nitrogens with zero attached hydrogens (tertiary/aromatic N) is 1. The third-order valence-electron chi connectivity index (χ3n) is 3.16. The van der Waals surface area contributed by atoms with Gasteiger partial charge < -0.3 is 5.11 Å². The first-order valence-electron chi connectivity index (χ1n) is 5.52. The molecule has 2 aromatic rings. The quantitative estimate of drug-likeness (QED) is 0.758. The van der Waals surface area contributed by atoms with Crippen molar-refractivity contribution in [3.05, 3.63) is 40.5 Å². The minimum absolute atomic E-state index is 0.410. The van der Waals surface area contributed by atoms with E-state index in [-0.39, 0.29) is 0 Å². The lowest BCUT2D eigenvalue weighted by Gasteiger charge is -2.20. The van der Waals surface area contributed by atoms with Crippen LogP contribution in [-0.4, -0.2) is 10.1 Å². The Morgan fingerprint density at radius 2 is 2.25 bits per heavy atom. The molecule has 0 bridgehead atoms. The molecule has 0 aliphatic heterocycles. The van der Waals surface area contributed by atoms with Crippen LogP contribution in [0.2, 0.25) is 5.02 Å². The topological polar surface area (TPSA) is 33.1 Å². The van der Waals surface area contributed by atoms with E-state index in [1.807, 2.05) is 18.2 Å². The molecule has 1 atom stereocenters. The Bertz CT molecular complexity index is 553. The molecule has 0 saturated heterocycles. The lowest BCUT2D eigenvalue weighted by atomic mass is 9.92. The first-order chi connectivity index (χ1) is 7.75. The zero-order valence-electron chi connectivity index (χ0n) is 8.78. The molecule has 1 heterocycles. The van der Waals surface area contributed by atoms with Crippen molar-refractivity contribution in [3.8, 4) is 0 Å². The van der Waals surface area contributed by atoms with E-state index in [1.54, 1.807) is 0 Å². The summed E-state index contributed by atoms with van der Waals surface area (Å²) in [6, 6.07) is 7.77. The molecule has 3 heteroatoms. The second kappa shape index (κ2) is 3.72. The Morgan fingerprint density at radius 1 is 1.38 bits per heavy atom. The number of hydrogen-bond donors (Lipinski definition) is 1. The lowest BCUT2D eigenvalue weighted by Crippen LogP contribution is -2.11. The Kier molecular flexibility index (Phi) is 2.34. The predicted molar refractivity (Wildman–Crippen MR) is 64.7 cm³/mol. The molecule has 1 aliphatic carbocycles. The first-order valence-corrected chi connectivity index (χ1v) is 5.89. The fourth-order valence-corrected chi connectivity index (χ4v) is 2.55. The van der Waals surface area contributed by atoms with Crippen LogP contribution < -0.4 is 0 Å². The molecule has 2 nitrogen and oxygen atoms in total. The van der Waals surface area contributed by atoms with Gasteiger partial charge in [-0.3, -0.25) is 0 Å². The number of aromatic nitrogens is 1. The predicted octanol–water partition coefficient (Wildman–Crippen LogP) is 3.26. The smallest absolute Gasteiger partial charge is 0.0962 e. The van der Waals surface area contributed by atoms with Gasteiger partial charge in [0.05, 0.1) is 17.3 Å². The summed E-state index contributed by atoms with van der Waals surface area (Å²) in [5.41, 5.74) is 2.84. The van der Waals surface area contributed by atoms with Crippen molar-refractivity contribution in [1.29, 1.82) is 0 Å². The fourth-order valence-electron chi connectivity index (χ4n) is 2.33. The van der Waals surface area contributed by atoms with Crippen molar-refractivity contribution in [3.63, 3.8) is 0 Å². The standard InChI is InChI=1S/C13H12ClNO/c14-10-4-2-5-11-9(10)7-8-3-1-6-12(16)13(8)15-11/h2,4-5,7,12,16H,1,3,6H2. The Balaban J connectivity index is 2.30. The van der Waals surface area contributed by atoms with Crippen LogP contribution in [0.5, 0.6) is 0 Å². The van der Waals surface area contributed by atoms with Crippen molar-refractivity contribution in [2.24, 2.45) is 0 Å². The number of aliphatic hydroxyl groups excluding tert-OH is 1. The molecule has 3 rings (SSSR count). The Morgan fingerprint density at radius 3 is 3.12 bits per heavy atom. The summed E-state index contributed by atoms with van der Waals surface area (Å²) in [6.07, 6.45) is 2.41. The second-order valence-corrected chi connectivity index (χ2v) is 4.65. The summed E-state index contributed by atoms with van der Waals surface area (Å²) in [6.45, 7) is 0. The zero-order chi connectivity index (χ0) is 11.1. The monoisotopic (exact) mass is 233 g/mol. The van der Waals surface area contributed by atoms with Gasteiger partial charge in [0.2, 0.25) is 0 Å². The normalized spacial score (nSPS) is 19.8. The van der Waals surface area contributed by atoms with Gasteiger partial charge in [-0.25, -0.2) is 4.98 Å². The summed E-state index contributed by atoms with van der Waals surface area (Å²) in [4.78, 5) is 4.52. The molecule has 0 amide bonds. The third kappa shape index (κ3) is 1.49. The van der Waals surface area contributed by atoms with Crippen LogP contribution in [0.4, 0.5) is 0 Å². The molecule has 1 aromatic heterocycles. The average Bonchev–Trinajstić information content (AvgIpc) is 2.29. The Hall–Kier alpha value is -1.12. The minimum Gasteiger partial charge on any atom is -0.387 e. The van der Waals surface area contributed by atoms with Gasteiger partial charge in [-0.05, 0) is 43.0 Å². The first kappa shape index (κ1) is 10.1. The van der Waals surface area contributed by atoms with Crippen LogP contribution in [-0.2, 0) is 6.42 Å². The van der Waals surface area contributed by atoms with Crippen molar-refractivity contribution in [1.82, 2.24) is 4.98 Å². The van der Waals surface area contributed by atoms with Crippen molar-refractivity contribution in [2.45, 2.75) is 25.4 Å². The molecule has 1 aromatic carbocycles. The molecule has 0 radical (unpaired) electrons. The second-order valence-electron chi connectivity index (χ2n) is 4.25. The summed E-state index contributed by atoms with van der Waals surface area (Å²) in [7, 11) is 0. The number of benzene rings is 1. The van der Waals surface area contributed by atoms with E-state index in [0.717, 1.165) is 46.4 Å². The molecule has 0 fully saturated rings. The lowest BCUT2D eigenvalue weighted by molar-refractivity contribution is 0.152. The zero-order valence-corrected chi connectivity index (χ0v) is 9.54. The number of pyridine rings is 1. The number of fused-ring (bicyclic) bond motifs is 2. The van der Waals surface area contributed by atoms with Crippen LogP contribution >= 0.6 is 11.6 Å². The van der Waals surface area contributed by atoms with Crippen molar-refractivity contribution in [2.75, 3.05) is 0 Å². The molecular weight excluding hydrogens is 222 g/mol. The summed E-state index contributed by atoms with van der Waals surface area (Å²) < 4.78 is 0.